The molecule has 0 bridgehead atoms. The standard InChI is InChI=1S/C14H12Cl2N4O2S/c1-8(21)17-12-4-5-14(20-19-12)23-7-13(22)18-11-6-9(15)2-3-10(11)16/h2-6H,7H2,1H3,(H,18,22)(H,17,19,21). The van der Waals surface area contributed by atoms with Gasteiger partial charge in [0.15, 0.2) is 5.82 Å². The van der Waals surface area contributed by atoms with Crippen molar-refractivity contribution in [2.24, 2.45) is 0 Å². The van der Waals surface area contributed by atoms with Gasteiger partial charge in [0.25, 0.3) is 0 Å². The van der Waals surface area contributed by atoms with Crippen LogP contribution in [0.5, 0.6) is 0 Å². The third-order valence-electron chi connectivity index (χ3n) is 2.50. The van der Waals surface area contributed by atoms with E-state index < -0.39 is 0 Å². The number of halogens is 2. The monoisotopic (exact) mass is 370 g/mol. The van der Waals surface area contributed by atoms with Crippen molar-refractivity contribution >= 4 is 58.3 Å². The Morgan fingerprint density at radius 3 is 2.57 bits per heavy atom. The highest BCUT2D eigenvalue weighted by Gasteiger charge is 2.08. The number of anilines is 2. The van der Waals surface area contributed by atoms with Crippen LogP contribution in [-0.4, -0.2) is 27.8 Å². The van der Waals surface area contributed by atoms with Crippen molar-refractivity contribution in [3.05, 3.63) is 40.4 Å². The Labute approximate surface area is 147 Å². The van der Waals surface area contributed by atoms with Gasteiger partial charge in [-0.05, 0) is 30.3 Å². The Kier molecular flexibility index (Phi) is 6.20. The summed E-state index contributed by atoms with van der Waals surface area (Å²) >= 11 is 13.1. The molecule has 2 aromatic rings. The number of carbonyl (C=O) groups excluding carboxylic acids is 2. The Bertz CT molecular complexity index is 725. The zero-order chi connectivity index (χ0) is 16.8. The second-order valence-corrected chi connectivity index (χ2v) is 6.24. The van der Waals surface area contributed by atoms with Crippen LogP contribution in [0.1, 0.15) is 6.92 Å². The number of aromatic nitrogens is 2. The maximum Gasteiger partial charge on any atom is 0.234 e. The normalized spacial score (nSPS) is 10.2. The molecule has 2 rings (SSSR count). The zero-order valence-electron chi connectivity index (χ0n) is 12.0. The summed E-state index contributed by atoms with van der Waals surface area (Å²) in [5.41, 5.74) is 0.455. The lowest BCUT2D eigenvalue weighted by Crippen LogP contribution is -2.14. The lowest BCUT2D eigenvalue weighted by atomic mass is 10.3. The van der Waals surface area contributed by atoms with Gasteiger partial charge < -0.3 is 10.6 Å². The Hall–Kier alpha value is -1.83. The summed E-state index contributed by atoms with van der Waals surface area (Å²) in [6.07, 6.45) is 0. The first-order chi connectivity index (χ1) is 10.9. The average Bonchev–Trinajstić information content (AvgIpc) is 2.50. The van der Waals surface area contributed by atoms with Crippen LogP contribution in [0.2, 0.25) is 10.0 Å². The van der Waals surface area contributed by atoms with Gasteiger partial charge in [0.05, 0.1) is 16.5 Å². The van der Waals surface area contributed by atoms with Crippen molar-refractivity contribution in [3.63, 3.8) is 0 Å². The van der Waals surface area contributed by atoms with E-state index in [0.29, 0.717) is 26.6 Å². The zero-order valence-corrected chi connectivity index (χ0v) is 14.3. The predicted octanol–water partition coefficient (Wildman–Crippen LogP) is 3.47. The molecule has 0 saturated heterocycles. The summed E-state index contributed by atoms with van der Waals surface area (Å²) in [6, 6.07) is 8.11. The lowest BCUT2D eigenvalue weighted by molar-refractivity contribution is -0.114. The minimum atomic E-state index is -0.244. The van der Waals surface area contributed by atoms with Crippen molar-refractivity contribution in [3.8, 4) is 0 Å². The number of nitrogens with zero attached hydrogens (tertiary/aromatic N) is 2. The van der Waals surface area contributed by atoms with Crippen LogP contribution in [0.15, 0.2) is 35.4 Å². The smallest absolute Gasteiger partial charge is 0.234 e. The van der Waals surface area contributed by atoms with E-state index >= 15 is 0 Å². The van der Waals surface area contributed by atoms with Crippen LogP contribution >= 0.6 is 35.0 Å². The number of hydrogen-bond donors (Lipinski definition) is 2. The SMILES string of the molecule is CC(=O)Nc1ccc(SCC(=O)Nc2cc(Cl)ccc2Cl)nn1. The predicted molar refractivity (Wildman–Crippen MR) is 92.2 cm³/mol. The summed E-state index contributed by atoms with van der Waals surface area (Å²) in [7, 11) is 0. The molecule has 2 amide bonds. The molecule has 0 spiro atoms. The average molecular weight is 371 g/mol. The summed E-state index contributed by atoms with van der Waals surface area (Å²) in [4.78, 5) is 22.8. The quantitative estimate of drug-likeness (QED) is 0.787. The molecule has 2 N–H and O–H groups in total. The van der Waals surface area contributed by atoms with Gasteiger partial charge in [-0.1, -0.05) is 35.0 Å². The molecule has 0 saturated carbocycles. The maximum atomic E-state index is 11.9. The number of carbonyl (C=O) groups is 2. The maximum absolute atomic E-state index is 11.9. The highest BCUT2D eigenvalue weighted by atomic mass is 35.5. The fraction of sp³-hybridized carbons (Fsp3) is 0.143. The highest BCUT2D eigenvalue weighted by Crippen LogP contribution is 2.25. The number of benzene rings is 1. The number of nitrogens with one attached hydrogen (secondary N) is 2. The van der Waals surface area contributed by atoms with E-state index in [0.717, 1.165) is 0 Å². The summed E-state index contributed by atoms with van der Waals surface area (Å²) in [6.45, 7) is 1.38. The van der Waals surface area contributed by atoms with Gasteiger partial charge in [-0.3, -0.25) is 9.59 Å². The van der Waals surface area contributed by atoms with E-state index in [4.69, 9.17) is 23.2 Å². The molecule has 0 fully saturated rings. The molecular formula is C14H12Cl2N4O2S. The van der Waals surface area contributed by atoms with Crippen molar-refractivity contribution < 1.29 is 9.59 Å². The van der Waals surface area contributed by atoms with Crippen molar-refractivity contribution in [2.75, 3.05) is 16.4 Å². The molecule has 6 nitrogen and oxygen atoms in total. The molecule has 1 aromatic heterocycles. The van der Waals surface area contributed by atoms with Gasteiger partial charge in [-0.15, -0.1) is 10.2 Å². The van der Waals surface area contributed by atoms with E-state index in [2.05, 4.69) is 20.8 Å². The largest absolute Gasteiger partial charge is 0.324 e. The van der Waals surface area contributed by atoms with Crippen LogP contribution in [0.3, 0.4) is 0 Å². The second kappa shape index (κ2) is 8.14. The van der Waals surface area contributed by atoms with Crippen LogP contribution in [0.4, 0.5) is 11.5 Å². The molecule has 0 aliphatic heterocycles. The fourth-order valence-electron chi connectivity index (χ4n) is 1.56. The van der Waals surface area contributed by atoms with Crippen molar-refractivity contribution in [1.82, 2.24) is 10.2 Å². The van der Waals surface area contributed by atoms with Gasteiger partial charge >= 0.3 is 0 Å². The van der Waals surface area contributed by atoms with Crippen LogP contribution < -0.4 is 10.6 Å². The minimum Gasteiger partial charge on any atom is -0.324 e. The minimum absolute atomic E-state index is 0.136. The lowest BCUT2D eigenvalue weighted by Gasteiger charge is -2.07. The third kappa shape index (κ3) is 5.70. The Morgan fingerprint density at radius 1 is 1.13 bits per heavy atom. The number of rotatable bonds is 5. The third-order valence-corrected chi connectivity index (χ3v) is 3.98. The summed E-state index contributed by atoms with van der Waals surface area (Å²) in [5, 5.41) is 14.4. The summed E-state index contributed by atoms with van der Waals surface area (Å²) < 4.78 is 0. The van der Waals surface area contributed by atoms with Gasteiger partial charge in [0, 0.05) is 11.9 Å². The van der Waals surface area contributed by atoms with Gasteiger partial charge in [-0.25, -0.2) is 0 Å². The molecule has 0 radical (unpaired) electrons. The first-order valence-corrected chi connectivity index (χ1v) is 8.17. The van der Waals surface area contributed by atoms with Crippen LogP contribution in [0.25, 0.3) is 0 Å². The number of thioether (sulfide) groups is 1. The topological polar surface area (TPSA) is 84.0 Å². The first kappa shape index (κ1) is 17.5. The molecular weight excluding hydrogens is 359 g/mol. The molecule has 120 valence electrons. The van der Waals surface area contributed by atoms with E-state index in [-0.39, 0.29) is 17.6 Å². The van der Waals surface area contributed by atoms with E-state index in [1.54, 1.807) is 30.3 Å². The highest BCUT2D eigenvalue weighted by molar-refractivity contribution is 7.99. The molecule has 0 unspecified atom stereocenters. The van der Waals surface area contributed by atoms with Crippen LogP contribution in [-0.2, 0) is 9.59 Å². The number of hydrogen-bond acceptors (Lipinski definition) is 5. The number of amides is 2. The first-order valence-electron chi connectivity index (χ1n) is 6.43. The van der Waals surface area contributed by atoms with E-state index in [1.807, 2.05) is 0 Å². The molecule has 0 aliphatic rings. The molecule has 1 aromatic carbocycles. The molecule has 0 aliphatic carbocycles. The molecule has 23 heavy (non-hydrogen) atoms. The molecule has 9 heteroatoms. The van der Waals surface area contributed by atoms with Crippen molar-refractivity contribution in [1.29, 1.82) is 0 Å². The van der Waals surface area contributed by atoms with Crippen LogP contribution in [0, 0.1) is 0 Å². The van der Waals surface area contributed by atoms with Crippen molar-refractivity contribution in [2.45, 2.75) is 11.9 Å². The van der Waals surface area contributed by atoms with Gasteiger partial charge in [-0.2, -0.15) is 0 Å². The second-order valence-electron chi connectivity index (χ2n) is 4.40. The van der Waals surface area contributed by atoms with Gasteiger partial charge in [0.1, 0.15) is 5.03 Å². The fourth-order valence-corrected chi connectivity index (χ4v) is 2.51. The Balaban J connectivity index is 1.89. The van der Waals surface area contributed by atoms with E-state index in [9.17, 15) is 9.59 Å². The van der Waals surface area contributed by atoms with E-state index in [1.165, 1.54) is 18.7 Å². The molecule has 1 heterocycles. The Morgan fingerprint density at radius 2 is 1.91 bits per heavy atom. The molecule has 0 atom stereocenters. The summed E-state index contributed by atoms with van der Waals surface area (Å²) in [5.74, 6) is 0.0261. The van der Waals surface area contributed by atoms with Gasteiger partial charge in [0.2, 0.25) is 11.8 Å².